The van der Waals surface area contributed by atoms with Crippen LogP contribution in [0.25, 0.3) is 11.0 Å². The van der Waals surface area contributed by atoms with E-state index in [0.717, 1.165) is 49.2 Å². The van der Waals surface area contributed by atoms with E-state index >= 15 is 0 Å². The molecule has 2 atom stereocenters. The predicted octanol–water partition coefficient (Wildman–Crippen LogP) is 1.95. The van der Waals surface area contributed by atoms with Crippen LogP contribution in [0.1, 0.15) is 33.1 Å². The van der Waals surface area contributed by atoms with Gasteiger partial charge in [0.2, 0.25) is 0 Å². The van der Waals surface area contributed by atoms with Crippen molar-refractivity contribution in [3.05, 3.63) is 18.6 Å². The van der Waals surface area contributed by atoms with E-state index < -0.39 is 0 Å². The van der Waals surface area contributed by atoms with Crippen LogP contribution >= 0.6 is 0 Å². The van der Waals surface area contributed by atoms with Crippen molar-refractivity contribution in [2.45, 2.75) is 44.9 Å². The molecule has 0 aromatic carbocycles. The number of aromatic nitrogens is 3. The molecule has 6 heteroatoms. The van der Waals surface area contributed by atoms with E-state index in [-0.39, 0.29) is 11.8 Å². The Labute approximate surface area is 124 Å². The summed E-state index contributed by atoms with van der Waals surface area (Å²) in [6.45, 7) is 5.98. The first-order valence-corrected chi connectivity index (χ1v) is 7.60. The molecule has 0 aliphatic carbocycles. The highest BCUT2D eigenvalue weighted by molar-refractivity contribution is 5.86. The van der Waals surface area contributed by atoms with Gasteiger partial charge in [0.05, 0.1) is 5.39 Å². The SMILES string of the molecule is CCC(O)N1CCCC(C)(Nc2ncnc3[nH]ccc23)C1. The summed E-state index contributed by atoms with van der Waals surface area (Å²) < 4.78 is 0. The summed E-state index contributed by atoms with van der Waals surface area (Å²) in [6, 6.07) is 1.99. The molecule has 1 aliphatic rings. The van der Waals surface area contributed by atoms with Crippen LogP contribution in [-0.4, -0.2) is 49.8 Å². The maximum Gasteiger partial charge on any atom is 0.142 e. The second-order valence-corrected chi connectivity index (χ2v) is 6.11. The summed E-state index contributed by atoms with van der Waals surface area (Å²) in [4.78, 5) is 13.9. The third-order valence-electron chi connectivity index (χ3n) is 4.29. The van der Waals surface area contributed by atoms with Crippen molar-refractivity contribution in [3.8, 4) is 0 Å². The molecule has 6 nitrogen and oxygen atoms in total. The molecule has 2 aromatic heterocycles. The van der Waals surface area contributed by atoms with Crippen molar-refractivity contribution in [1.29, 1.82) is 0 Å². The maximum atomic E-state index is 10.1. The van der Waals surface area contributed by atoms with Crippen molar-refractivity contribution in [1.82, 2.24) is 19.9 Å². The highest BCUT2D eigenvalue weighted by atomic mass is 16.3. The normalized spacial score (nSPS) is 25.1. The third-order valence-corrected chi connectivity index (χ3v) is 4.29. The average molecular weight is 289 g/mol. The van der Waals surface area contributed by atoms with Crippen LogP contribution in [0.4, 0.5) is 5.82 Å². The molecule has 1 saturated heterocycles. The molecule has 3 N–H and O–H groups in total. The van der Waals surface area contributed by atoms with Crippen LogP contribution in [-0.2, 0) is 0 Å². The lowest BCUT2D eigenvalue weighted by molar-refractivity contribution is -0.0237. The van der Waals surface area contributed by atoms with Gasteiger partial charge in [0.15, 0.2) is 0 Å². The van der Waals surface area contributed by atoms with Crippen molar-refractivity contribution in [3.63, 3.8) is 0 Å². The Kier molecular flexibility index (Phi) is 3.82. The molecule has 2 unspecified atom stereocenters. The van der Waals surface area contributed by atoms with E-state index in [9.17, 15) is 5.11 Å². The second-order valence-electron chi connectivity index (χ2n) is 6.11. The Morgan fingerprint density at radius 3 is 3.19 bits per heavy atom. The van der Waals surface area contributed by atoms with Crippen LogP contribution < -0.4 is 5.32 Å². The number of fused-ring (bicyclic) bond motifs is 1. The summed E-state index contributed by atoms with van der Waals surface area (Å²) in [6.07, 6.45) is 5.99. The van der Waals surface area contributed by atoms with Gasteiger partial charge < -0.3 is 15.4 Å². The Balaban J connectivity index is 1.81. The number of hydrogen-bond donors (Lipinski definition) is 3. The molecule has 21 heavy (non-hydrogen) atoms. The summed E-state index contributed by atoms with van der Waals surface area (Å²) in [5, 5.41) is 14.7. The minimum atomic E-state index is -0.357. The topological polar surface area (TPSA) is 77.1 Å². The van der Waals surface area contributed by atoms with Gasteiger partial charge in [0.25, 0.3) is 0 Å². The minimum absolute atomic E-state index is 0.0903. The molecule has 0 spiro atoms. The van der Waals surface area contributed by atoms with Crippen molar-refractivity contribution in [2.24, 2.45) is 0 Å². The van der Waals surface area contributed by atoms with E-state index in [1.165, 1.54) is 0 Å². The number of H-pyrrole nitrogens is 1. The second kappa shape index (κ2) is 5.61. The Hall–Kier alpha value is -1.66. The lowest BCUT2D eigenvalue weighted by atomic mass is 9.90. The van der Waals surface area contributed by atoms with Crippen LogP contribution in [0, 0.1) is 0 Å². The number of likely N-dealkylation sites (tertiary alicyclic amines) is 1. The molecule has 3 rings (SSSR count). The van der Waals surface area contributed by atoms with Gasteiger partial charge in [-0.15, -0.1) is 0 Å². The van der Waals surface area contributed by atoms with Crippen molar-refractivity contribution < 1.29 is 5.11 Å². The number of rotatable bonds is 4. The van der Waals surface area contributed by atoms with Crippen molar-refractivity contribution in [2.75, 3.05) is 18.4 Å². The van der Waals surface area contributed by atoms with Crippen molar-refractivity contribution >= 4 is 16.9 Å². The highest BCUT2D eigenvalue weighted by Crippen LogP contribution is 2.28. The van der Waals surface area contributed by atoms with E-state index in [1.807, 2.05) is 19.2 Å². The first kappa shape index (κ1) is 14.3. The zero-order valence-corrected chi connectivity index (χ0v) is 12.6. The van der Waals surface area contributed by atoms with E-state index in [0.29, 0.717) is 0 Å². The number of nitrogens with zero attached hydrogens (tertiary/aromatic N) is 3. The van der Waals surface area contributed by atoms with Gasteiger partial charge in [-0.2, -0.15) is 0 Å². The molecular formula is C15H23N5O. The molecular weight excluding hydrogens is 266 g/mol. The maximum absolute atomic E-state index is 10.1. The molecule has 1 aliphatic heterocycles. The van der Waals surface area contributed by atoms with Crippen LogP contribution in [0.5, 0.6) is 0 Å². The Morgan fingerprint density at radius 1 is 1.52 bits per heavy atom. The number of aromatic amines is 1. The monoisotopic (exact) mass is 289 g/mol. The lowest BCUT2D eigenvalue weighted by Crippen LogP contribution is -2.54. The minimum Gasteiger partial charge on any atom is -0.378 e. The van der Waals surface area contributed by atoms with Gasteiger partial charge in [-0.05, 0) is 32.3 Å². The molecule has 3 heterocycles. The standard InChI is InChI=1S/C15H23N5O/c1-3-12(21)20-8-4-6-15(2,9-20)19-14-11-5-7-16-13(11)17-10-18-14/h5,7,10,12,21H,3-4,6,8-9H2,1-2H3,(H2,16,17,18,19). The zero-order chi connectivity index (χ0) is 14.9. The molecule has 1 fully saturated rings. The Bertz CT molecular complexity index is 613. The molecule has 0 bridgehead atoms. The van der Waals surface area contributed by atoms with Gasteiger partial charge in [-0.25, -0.2) is 9.97 Å². The first-order chi connectivity index (χ1) is 10.1. The fraction of sp³-hybridized carbons (Fsp3) is 0.600. The largest absolute Gasteiger partial charge is 0.378 e. The molecule has 114 valence electrons. The number of aliphatic hydroxyl groups excluding tert-OH is 1. The third kappa shape index (κ3) is 2.87. The molecule has 0 saturated carbocycles. The van der Waals surface area contributed by atoms with Gasteiger partial charge in [-0.3, -0.25) is 4.90 Å². The molecule has 0 amide bonds. The fourth-order valence-electron chi connectivity index (χ4n) is 3.15. The van der Waals surface area contributed by atoms with E-state index in [1.54, 1.807) is 6.33 Å². The van der Waals surface area contributed by atoms with Gasteiger partial charge in [-0.1, -0.05) is 6.92 Å². The molecule has 0 radical (unpaired) electrons. The van der Waals surface area contributed by atoms with Crippen LogP contribution in [0.3, 0.4) is 0 Å². The van der Waals surface area contributed by atoms with Gasteiger partial charge in [0.1, 0.15) is 24.0 Å². The van der Waals surface area contributed by atoms with Gasteiger partial charge in [0, 0.05) is 24.8 Å². The fourth-order valence-corrected chi connectivity index (χ4v) is 3.15. The van der Waals surface area contributed by atoms with Crippen LogP contribution in [0.2, 0.25) is 0 Å². The smallest absolute Gasteiger partial charge is 0.142 e. The predicted molar refractivity (Wildman–Crippen MR) is 83.0 cm³/mol. The summed E-state index contributed by atoms with van der Waals surface area (Å²) >= 11 is 0. The Morgan fingerprint density at radius 2 is 2.38 bits per heavy atom. The quantitative estimate of drug-likeness (QED) is 0.802. The average Bonchev–Trinajstić information content (AvgIpc) is 2.96. The first-order valence-electron chi connectivity index (χ1n) is 7.60. The van der Waals surface area contributed by atoms with Crippen LogP contribution in [0.15, 0.2) is 18.6 Å². The number of piperidine rings is 1. The summed E-state index contributed by atoms with van der Waals surface area (Å²) in [5.41, 5.74) is 0.754. The highest BCUT2D eigenvalue weighted by Gasteiger charge is 2.33. The number of hydrogen-bond acceptors (Lipinski definition) is 5. The lowest BCUT2D eigenvalue weighted by Gasteiger charge is -2.43. The number of aliphatic hydroxyl groups is 1. The van der Waals surface area contributed by atoms with E-state index in [4.69, 9.17) is 0 Å². The van der Waals surface area contributed by atoms with Gasteiger partial charge >= 0.3 is 0 Å². The zero-order valence-electron chi connectivity index (χ0n) is 12.6. The van der Waals surface area contributed by atoms with E-state index in [2.05, 4.69) is 32.1 Å². The molecule has 2 aromatic rings. The number of anilines is 1. The summed E-state index contributed by atoms with van der Waals surface area (Å²) in [7, 11) is 0. The number of nitrogens with one attached hydrogen (secondary N) is 2. The summed E-state index contributed by atoms with van der Waals surface area (Å²) in [5.74, 6) is 0.858.